The molecule has 0 unspecified atom stereocenters. The first-order valence-electron chi connectivity index (χ1n) is 11.6. The lowest BCUT2D eigenvalue weighted by molar-refractivity contribution is -0.143. The summed E-state index contributed by atoms with van der Waals surface area (Å²) in [6.07, 6.45) is 3.33. The number of nitrogens with zero attached hydrogens (tertiary/aromatic N) is 5. The number of hydrogen-bond donors (Lipinski definition) is 1. The van der Waals surface area contributed by atoms with Crippen LogP contribution in [-0.4, -0.2) is 50.7 Å². The lowest BCUT2D eigenvalue weighted by Gasteiger charge is -2.23. The van der Waals surface area contributed by atoms with Crippen molar-refractivity contribution in [1.82, 2.24) is 25.0 Å². The molecule has 0 saturated heterocycles. The van der Waals surface area contributed by atoms with Crippen molar-refractivity contribution < 1.29 is 19.1 Å². The number of ether oxygens (including phenoxy) is 2. The number of aromatic nitrogens is 5. The first kappa shape index (κ1) is 26.4. The van der Waals surface area contributed by atoms with Crippen LogP contribution in [0.15, 0.2) is 85.3 Å². The van der Waals surface area contributed by atoms with Gasteiger partial charge in [0.2, 0.25) is 0 Å². The van der Waals surface area contributed by atoms with Crippen LogP contribution in [0.25, 0.3) is 22.3 Å². The maximum absolute atomic E-state index is 13.4. The molecular weight excluding hydrogens is 508 g/mol. The number of para-hydroxylation sites is 2. The van der Waals surface area contributed by atoms with Crippen molar-refractivity contribution in [3.63, 3.8) is 0 Å². The molecule has 5 aromatic rings. The third-order valence-corrected chi connectivity index (χ3v) is 5.88. The summed E-state index contributed by atoms with van der Waals surface area (Å²) in [6.45, 7) is -0.338. The molecule has 11 heteroatoms. The van der Waals surface area contributed by atoms with Gasteiger partial charge in [0.05, 0.1) is 37.3 Å². The summed E-state index contributed by atoms with van der Waals surface area (Å²) in [7, 11) is 1.55. The molecular formula is C27H25ClN6O4. The predicted octanol–water partition coefficient (Wildman–Crippen LogP) is 4.03. The van der Waals surface area contributed by atoms with E-state index in [4.69, 9.17) is 9.47 Å². The normalized spacial score (nSPS) is 10.6. The van der Waals surface area contributed by atoms with E-state index in [0.717, 1.165) is 16.8 Å². The third-order valence-electron chi connectivity index (χ3n) is 5.88. The van der Waals surface area contributed by atoms with Gasteiger partial charge >= 0.3 is 5.97 Å². The second-order valence-electron chi connectivity index (χ2n) is 8.20. The first-order valence-corrected chi connectivity index (χ1v) is 11.6. The maximum Gasteiger partial charge on any atom is 0.312 e. The Hall–Kier alpha value is -4.70. The zero-order chi connectivity index (χ0) is 25.6. The Labute approximate surface area is 224 Å². The molecule has 10 nitrogen and oxygen atoms in total. The Bertz CT molecular complexity index is 1520. The highest BCUT2D eigenvalue weighted by molar-refractivity contribution is 5.94. The molecule has 3 aromatic carbocycles. The highest BCUT2D eigenvalue weighted by Crippen LogP contribution is 2.23. The lowest BCUT2D eigenvalue weighted by atomic mass is 10.1. The number of anilines is 1. The molecule has 0 spiro atoms. The van der Waals surface area contributed by atoms with Gasteiger partial charge in [-0.3, -0.25) is 14.5 Å². The molecule has 1 amide bonds. The Morgan fingerprint density at radius 3 is 2.53 bits per heavy atom. The molecule has 0 fully saturated rings. The van der Waals surface area contributed by atoms with Crippen LogP contribution in [-0.2, 0) is 27.3 Å². The summed E-state index contributed by atoms with van der Waals surface area (Å²) in [5.74, 6) is -0.197. The molecule has 0 aliphatic rings. The second kappa shape index (κ2) is 12.0. The molecule has 2 heterocycles. The van der Waals surface area contributed by atoms with Gasteiger partial charge in [0, 0.05) is 11.3 Å². The smallest absolute Gasteiger partial charge is 0.312 e. The number of benzene rings is 3. The summed E-state index contributed by atoms with van der Waals surface area (Å²) >= 11 is 0. The summed E-state index contributed by atoms with van der Waals surface area (Å²) in [4.78, 5) is 34.6. The van der Waals surface area contributed by atoms with Crippen molar-refractivity contribution in [2.45, 2.75) is 13.0 Å². The number of aromatic amines is 1. The van der Waals surface area contributed by atoms with E-state index < -0.39 is 5.97 Å². The minimum atomic E-state index is -0.484. The SMILES string of the molecule is COc1ccccc1CC(=O)OCN(C(=O)Cn1nnc2ccccc21)c1ccc(-c2cnc[nH]2)cc1.Cl. The molecule has 0 bridgehead atoms. The summed E-state index contributed by atoms with van der Waals surface area (Å²) < 4.78 is 12.4. The number of rotatable bonds is 9. The van der Waals surface area contributed by atoms with Crippen molar-refractivity contribution in [2.75, 3.05) is 18.7 Å². The fraction of sp³-hybridized carbons (Fsp3) is 0.148. The number of imidazole rings is 1. The molecule has 194 valence electrons. The fourth-order valence-corrected chi connectivity index (χ4v) is 3.96. The Kier molecular flexibility index (Phi) is 8.34. The molecule has 0 radical (unpaired) electrons. The first-order chi connectivity index (χ1) is 18.1. The number of H-pyrrole nitrogens is 1. The van der Waals surface area contributed by atoms with E-state index in [-0.39, 0.29) is 38.0 Å². The monoisotopic (exact) mass is 532 g/mol. The van der Waals surface area contributed by atoms with Gasteiger partial charge in [-0.2, -0.15) is 0 Å². The molecule has 2 aromatic heterocycles. The van der Waals surface area contributed by atoms with Crippen LogP contribution in [0.3, 0.4) is 0 Å². The van der Waals surface area contributed by atoms with Crippen molar-refractivity contribution in [1.29, 1.82) is 0 Å². The number of amides is 1. The van der Waals surface area contributed by atoms with Crippen molar-refractivity contribution >= 4 is 41.0 Å². The average molecular weight is 533 g/mol. The number of hydrogen-bond acceptors (Lipinski definition) is 7. The van der Waals surface area contributed by atoms with Crippen molar-refractivity contribution in [3.8, 4) is 17.0 Å². The van der Waals surface area contributed by atoms with Crippen LogP contribution < -0.4 is 9.64 Å². The van der Waals surface area contributed by atoms with E-state index in [1.807, 2.05) is 48.5 Å². The number of esters is 1. The third kappa shape index (κ3) is 5.81. The fourth-order valence-electron chi connectivity index (χ4n) is 3.96. The lowest BCUT2D eigenvalue weighted by Crippen LogP contribution is -2.37. The van der Waals surface area contributed by atoms with Crippen LogP contribution in [0.4, 0.5) is 5.69 Å². The van der Waals surface area contributed by atoms with E-state index in [0.29, 0.717) is 22.5 Å². The van der Waals surface area contributed by atoms with Gasteiger partial charge in [0.1, 0.15) is 17.8 Å². The van der Waals surface area contributed by atoms with E-state index in [9.17, 15) is 9.59 Å². The Morgan fingerprint density at radius 1 is 1.00 bits per heavy atom. The van der Waals surface area contributed by atoms with Gasteiger partial charge in [-0.25, -0.2) is 9.67 Å². The topological polar surface area (TPSA) is 115 Å². The molecule has 5 rings (SSSR count). The molecule has 0 aliphatic heterocycles. The average Bonchev–Trinajstić information content (AvgIpc) is 3.61. The number of nitrogens with one attached hydrogen (secondary N) is 1. The van der Waals surface area contributed by atoms with E-state index >= 15 is 0 Å². The zero-order valence-corrected chi connectivity index (χ0v) is 21.3. The molecule has 0 aliphatic carbocycles. The van der Waals surface area contributed by atoms with Crippen molar-refractivity contribution in [3.05, 3.63) is 90.9 Å². The van der Waals surface area contributed by atoms with Crippen LogP contribution in [0.2, 0.25) is 0 Å². The summed E-state index contributed by atoms with van der Waals surface area (Å²) in [5.41, 5.74) is 4.45. The Balaban J connectivity index is 0.00000336. The van der Waals surface area contributed by atoms with Crippen LogP contribution in [0.5, 0.6) is 5.75 Å². The Morgan fingerprint density at radius 2 is 1.76 bits per heavy atom. The number of methoxy groups -OCH3 is 1. The van der Waals surface area contributed by atoms with Gasteiger partial charge in [-0.15, -0.1) is 17.5 Å². The standard InChI is InChI=1S/C27H24N6O4.ClH/c1-36-25-9-5-2-6-20(25)14-27(35)37-18-32(21-12-10-19(11-13-21)23-15-28-17-29-23)26(34)16-33-24-8-4-3-7-22(24)30-31-33;/h2-13,15,17H,14,16,18H2,1H3,(H,28,29);1H. The second-order valence-corrected chi connectivity index (χ2v) is 8.20. The number of carbonyl (C=O) groups excluding carboxylic acids is 2. The summed E-state index contributed by atoms with van der Waals surface area (Å²) in [6, 6.07) is 21.9. The van der Waals surface area contributed by atoms with Gasteiger partial charge in [-0.1, -0.05) is 47.7 Å². The minimum absolute atomic E-state index is 0. The molecule has 0 atom stereocenters. The van der Waals surface area contributed by atoms with Crippen LogP contribution >= 0.6 is 12.4 Å². The van der Waals surface area contributed by atoms with E-state index in [2.05, 4.69) is 20.3 Å². The van der Waals surface area contributed by atoms with E-state index in [1.54, 1.807) is 43.9 Å². The molecule has 0 saturated carbocycles. The highest BCUT2D eigenvalue weighted by Gasteiger charge is 2.21. The molecule has 38 heavy (non-hydrogen) atoms. The maximum atomic E-state index is 13.4. The van der Waals surface area contributed by atoms with Crippen LogP contribution in [0, 0.1) is 0 Å². The largest absolute Gasteiger partial charge is 0.496 e. The number of carbonyl (C=O) groups is 2. The number of fused-ring (bicyclic) bond motifs is 1. The summed E-state index contributed by atoms with van der Waals surface area (Å²) in [5, 5.41) is 8.23. The quantitative estimate of drug-likeness (QED) is 0.225. The van der Waals surface area contributed by atoms with Gasteiger partial charge < -0.3 is 14.5 Å². The van der Waals surface area contributed by atoms with Gasteiger partial charge in [0.15, 0.2) is 6.73 Å². The van der Waals surface area contributed by atoms with Gasteiger partial charge in [-0.05, 0) is 35.9 Å². The highest BCUT2D eigenvalue weighted by atomic mass is 35.5. The van der Waals surface area contributed by atoms with Gasteiger partial charge in [0.25, 0.3) is 5.91 Å². The minimum Gasteiger partial charge on any atom is -0.496 e. The van der Waals surface area contributed by atoms with Crippen LogP contribution in [0.1, 0.15) is 5.56 Å². The predicted molar refractivity (Wildman–Crippen MR) is 144 cm³/mol. The zero-order valence-electron chi connectivity index (χ0n) is 20.5. The molecule has 1 N–H and O–H groups in total. The van der Waals surface area contributed by atoms with E-state index in [1.165, 1.54) is 9.58 Å². The number of halogens is 1. The van der Waals surface area contributed by atoms with Crippen molar-refractivity contribution in [2.24, 2.45) is 0 Å².